The third-order valence-electron chi connectivity index (χ3n) is 5.44. The number of hydrogen-bond acceptors (Lipinski definition) is 5. The van der Waals surface area contributed by atoms with E-state index in [4.69, 9.17) is 14.2 Å². The lowest BCUT2D eigenvalue weighted by molar-refractivity contribution is -0.143. The molecule has 2 atom stereocenters. The van der Waals surface area contributed by atoms with Crippen molar-refractivity contribution < 1.29 is 50.1 Å². The number of carbonyl (C=O) groups is 2. The molecular weight excluding hydrogens is 544 g/mol. The summed E-state index contributed by atoms with van der Waals surface area (Å²) in [5.74, 6) is -0.755. The number of alkyl carbamates (subject to hydrolysis) is 1. The average Bonchev–Trinajstić information content (AvgIpc) is 2.83. The van der Waals surface area contributed by atoms with E-state index in [0.717, 1.165) is 6.08 Å². The molecule has 0 aliphatic heterocycles. The first-order valence-corrected chi connectivity index (χ1v) is 12.2. The van der Waals surface area contributed by atoms with Crippen molar-refractivity contribution in [3.05, 3.63) is 82.9 Å². The van der Waals surface area contributed by atoms with Crippen LogP contribution < -0.4 is 5.32 Å². The lowest BCUT2D eigenvalue weighted by Crippen LogP contribution is -2.49. The Labute approximate surface area is 228 Å². The number of esters is 1. The summed E-state index contributed by atoms with van der Waals surface area (Å²) in [4.78, 5) is 25.0. The molecule has 12 heteroatoms. The van der Waals surface area contributed by atoms with Gasteiger partial charge in [-0.05, 0) is 70.0 Å². The maximum absolute atomic E-state index is 13.4. The minimum absolute atomic E-state index is 0.0244. The number of rotatable bonds is 9. The first-order chi connectivity index (χ1) is 18.4. The van der Waals surface area contributed by atoms with Gasteiger partial charge in [-0.1, -0.05) is 30.3 Å². The van der Waals surface area contributed by atoms with Crippen molar-refractivity contribution in [1.82, 2.24) is 5.32 Å². The van der Waals surface area contributed by atoms with Crippen LogP contribution >= 0.6 is 0 Å². The maximum atomic E-state index is 13.4. The highest BCUT2D eigenvalue weighted by molar-refractivity contribution is 5.82. The zero-order chi connectivity index (χ0) is 30.4. The average molecular weight is 576 g/mol. The summed E-state index contributed by atoms with van der Waals surface area (Å²) < 4.78 is 96.4. The van der Waals surface area contributed by atoms with Gasteiger partial charge < -0.3 is 19.5 Å². The molecule has 2 aromatic rings. The van der Waals surface area contributed by atoms with E-state index < -0.39 is 65.0 Å². The predicted molar refractivity (Wildman–Crippen MR) is 134 cm³/mol. The third-order valence-corrected chi connectivity index (χ3v) is 5.44. The van der Waals surface area contributed by atoms with Gasteiger partial charge in [-0.15, -0.1) is 0 Å². The number of nitrogens with one attached hydrogen (secondary N) is 1. The fourth-order valence-corrected chi connectivity index (χ4v) is 3.57. The lowest BCUT2D eigenvalue weighted by atomic mass is 9.89. The Bertz CT molecular complexity index is 1160. The van der Waals surface area contributed by atoms with Crippen LogP contribution in [-0.4, -0.2) is 30.9 Å². The van der Waals surface area contributed by atoms with E-state index in [-0.39, 0.29) is 12.7 Å². The second-order valence-electron chi connectivity index (χ2n) is 9.84. The molecule has 0 unspecified atom stereocenters. The maximum Gasteiger partial charge on any atom is 0.416 e. The number of carbonyl (C=O) groups excluding carboxylic acids is 2. The smallest absolute Gasteiger partial charge is 0.416 e. The molecule has 0 radical (unpaired) electrons. The van der Waals surface area contributed by atoms with Crippen LogP contribution in [0.5, 0.6) is 0 Å². The quantitative estimate of drug-likeness (QED) is 0.192. The Balaban J connectivity index is 2.56. The number of hydrogen-bond donors (Lipinski definition) is 1. The highest BCUT2D eigenvalue weighted by Gasteiger charge is 2.38. The molecule has 0 aliphatic carbocycles. The van der Waals surface area contributed by atoms with Crippen molar-refractivity contribution >= 4 is 12.1 Å². The van der Waals surface area contributed by atoms with Gasteiger partial charge in [0.05, 0.1) is 30.4 Å². The Morgan fingerprint density at radius 2 is 1.45 bits per heavy atom. The number of benzene rings is 2. The number of amides is 1. The fourth-order valence-electron chi connectivity index (χ4n) is 3.57. The Hall–Kier alpha value is -3.54. The monoisotopic (exact) mass is 575 g/mol. The molecule has 0 heterocycles. The molecule has 220 valence electrons. The Morgan fingerprint density at radius 3 is 1.93 bits per heavy atom. The van der Waals surface area contributed by atoms with E-state index in [1.54, 1.807) is 58.0 Å². The highest BCUT2D eigenvalue weighted by atomic mass is 19.4. The van der Waals surface area contributed by atoms with E-state index in [2.05, 4.69) is 5.32 Å². The van der Waals surface area contributed by atoms with Crippen LogP contribution in [0.3, 0.4) is 0 Å². The number of ether oxygens (including phenoxy) is 3. The van der Waals surface area contributed by atoms with Crippen LogP contribution in [0.15, 0.2) is 60.7 Å². The van der Waals surface area contributed by atoms with E-state index in [9.17, 15) is 35.9 Å². The molecule has 40 heavy (non-hydrogen) atoms. The van der Waals surface area contributed by atoms with Crippen LogP contribution in [-0.2, 0) is 36.9 Å². The van der Waals surface area contributed by atoms with Crippen LogP contribution in [0.2, 0.25) is 0 Å². The van der Waals surface area contributed by atoms with Crippen molar-refractivity contribution in [2.45, 2.75) is 64.2 Å². The lowest BCUT2D eigenvalue weighted by Gasteiger charge is -2.34. The SMILES string of the molecule is CCOC(=O)/C=C/[C@](CO[C@H](C)c1cc(C(F)(F)F)cc(C(F)(F)F)c1)(NC(=O)OC(C)(C)C)c1ccccc1. The van der Waals surface area contributed by atoms with Crippen molar-refractivity contribution in [3.8, 4) is 0 Å². The first-order valence-electron chi connectivity index (χ1n) is 12.2. The van der Waals surface area contributed by atoms with Gasteiger partial charge in [0.15, 0.2) is 0 Å². The molecule has 2 rings (SSSR count). The number of halogens is 6. The molecule has 0 spiro atoms. The molecule has 0 aliphatic rings. The largest absolute Gasteiger partial charge is 0.463 e. The molecule has 0 aromatic heterocycles. The molecule has 0 fully saturated rings. The van der Waals surface area contributed by atoms with Gasteiger partial charge in [0.25, 0.3) is 0 Å². The highest BCUT2D eigenvalue weighted by Crippen LogP contribution is 2.38. The van der Waals surface area contributed by atoms with Gasteiger partial charge in [0.2, 0.25) is 0 Å². The summed E-state index contributed by atoms with van der Waals surface area (Å²) in [6, 6.07) is 9.29. The van der Waals surface area contributed by atoms with E-state index in [1.807, 2.05) is 0 Å². The van der Waals surface area contributed by atoms with Crippen LogP contribution in [0, 0.1) is 0 Å². The van der Waals surface area contributed by atoms with E-state index in [1.165, 1.54) is 13.0 Å². The Morgan fingerprint density at radius 1 is 0.900 bits per heavy atom. The standard InChI is InChI=1S/C28H31F6NO5/c1-6-38-23(36)12-13-26(20-10-8-7-9-11-20,35-24(37)40-25(3,4)5)17-39-18(2)19-14-21(27(29,30)31)16-22(15-19)28(32,33)34/h7-16,18H,6,17H2,1-5H3,(H,35,37)/b13-12+/t18-,26-/m1/s1. The van der Waals surface area contributed by atoms with Gasteiger partial charge in [0.1, 0.15) is 11.1 Å². The summed E-state index contributed by atoms with van der Waals surface area (Å²) in [6.45, 7) is 7.27. The summed E-state index contributed by atoms with van der Waals surface area (Å²) in [5, 5.41) is 2.64. The predicted octanol–water partition coefficient (Wildman–Crippen LogP) is 7.34. The van der Waals surface area contributed by atoms with Gasteiger partial charge in [-0.25, -0.2) is 9.59 Å². The van der Waals surface area contributed by atoms with Crippen molar-refractivity contribution in [3.63, 3.8) is 0 Å². The summed E-state index contributed by atoms with van der Waals surface area (Å²) in [5.41, 5.74) is -5.55. The van der Waals surface area contributed by atoms with Crippen LogP contribution in [0.4, 0.5) is 31.1 Å². The van der Waals surface area contributed by atoms with Gasteiger partial charge in [0, 0.05) is 6.08 Å². The van der Waals surface area contributed by atoms with Crippen molar-refractivity contribution in [1.29, 1.82) is 0 Å². The second kappa shape index (κ2) is 12.8. The molecule has 2 aromatic carbocycles. The molecule has 6 nitrogen and oxygen atoms in total. The van der Waals surface area contributed by atoms with E-state index in [0.29, 0.717) is 17.7 Å². The zero-order valence-electron chi connectivity index (χ0n) is 22.6. The Kier molecular flexibility index (Phi) is 10.4. The molecular formula is C28H31F6NO5. The molecule has 0 bridgehead atoms. The van der Waals surface area contributed by atoms with E-state index >= 15 is 0 Å². The second-order valence-corrected chi connectivity index (χ2v) is 9.84. The van der Waals surface area contributed by atoms with Gasteiger partial charge in [-0.2, -0.15) is 26.3 Å². The first kappa shape index (κ1) is 32.7. The topological polar surface area (TPSA) is 73.9 Å². The zero-order valence-corrected chi connectivity index (χ0v) is 22.6. The van der Waals surface area contributed by atoms with Crippen molar-refractivity contribution in [2.24, 2.45) is 0 Å². The molecule has 0 saturated heterocycles. The molecule has 1 amide bonds. The molecule has 1 N–H and O–H groups in total. The van der Waals surface area contributed by atoms with Gasteiger partial charge >= 0.3 is 24.4 Å². The fraction of sp³-hybridized carbons (Fsp3) is 0.429. The number of alkyl halides is 6. The normalized spacial score (nSPS) is 14.9. The van der Waals surface area contributed by atoms with Crippen molar-refractivity contribution in [2.75, 3.05) is 13.2 Å². The summed E-state index contributed by atoms with van der Waals surface area (Å²) in [7, 11) is 0. The van der Waals surface area contributed by atoms with Gasteiger partial charge in [-0.3, -0.25) is 0 Å². The van der Waals surface area contributed by atoms with Crippen LogP contribution in [0.1, 0.15) is 63.0 Å². The third kappa shape index (κ3) is 9.58. The summed E-state index contributed by atoms with van der Waals surface area (Å²) in [6.07, 6.45) is -9.99. The minimum Gasteiger partial charge on any atom is -0.463 e. The summed E-state index contributed by atoms with van der Waals surface area (Å²) >= 11 is 0. The van der Waals surface area contributed by atoms with Crippen LogP contribution in [0.25, 0.3) is 0 Å². The molecule has 0 saturated carbocycles. The minimum atomic E-state index is -5.04.